The third kappa shape index (κ3) is 2.87. The Labute approximate surface area is 100 Å². The van der Waals surface area contributed by atoms with Gasteiger partial charge in [-0.2, -0.15) is 0 Å². The van der Waals surface area contributed by atoms with Crippen LogP contribution in [0.5, 0.6) is 5.75 Å². The Balaban J connectivity index is 0.00000128. The van der Waals surface area contributed by atoms with Crippen LogP contribution in [-0.4, -0.2) is 24.1 Å². The molecular formula is C11H15ClN2O2. The van der Waals surface area contributed by atoms with Gasteiger partial charge in [-0.05, 0) is 25.1 Å². The number of amides is 1. The fourth-order valence-electron chi connectivity index (χ4n) is 1.69. The van der Waals surface area contributed by atoms with Gasteiger partial charge in [0.2, 0.25) is 5.91 Å². The number of carbonyl (C=O) groups is 1. The maximum absolute atomic E-state index is 11.7. The van der Waals surface area contributed by atoms with Crippen LogP contribution in [0.1, 0.15) is 6.42 Å². The standard InChI is InChI=1S/C11H14N2O2.ClH/c14-10-4-2-1-3-9(10)13-11(15)8-5-6-12-7-8;/h1-4,8,12,14H,5-7H2,(H,13,15);1H/t8-;/m0./s1. The van der Waals surface area contributed by atoms with Crippen molar-refractivity contribution in [3.63, 3.8) is 0 Å². The van der Waals surface area contributed by atoms with Crippen LogP contribution in [0.25, 0.3) is 0 Å². The average molecular weight is 243 g/mol. The second-order valence-electron chi connectivity index (χ2n) is 3.70. The largest absolute Gasteiger partial charge is 0.506 e. The van der Waals surface area contributed by atoms with Crippen LogP contribution in [0, 0.1) is 5.92 Å². The van der Waals surface area contributed by atoms with Gasteiger partial charge in [0.05, 0.1) is 11.6 Å². The molecule has 5 heteroatoms. The van der Waals surface area contributed by atoms with Gasteiger partial charge in [-0.1, -0.05) is 12.1 Å². The highest BCUT2D eigenvalue weighted by Gasteiger charge is 2.22. The molecular weight excluding hydrogens is 228 g/mol. The summed E-state index contributed by atoms with van der Waals surface area (Å²) in [5, 5.41) is 15.3. The quantitative estimate of drug-likeness (QED) is 0.687. The second-order valence-corrected chi connectivity index (χ2v) is 3.70. The van der Waals surface area contributed by atoms with E-state index in [2.05, 4.69) is 10.6 Å². The molecule has 4 nitrogen and oxygen atoms in total. The van der Waals surface area contributed by atoms with Crippen molar-refractivity contribution in [3.05, 3.63) is 24.3 Å². The summed E-state index contributed by atoms with van der Waals surface area (Å²) in [6, 6.07) is 6.75. The van der Waals surface area contributed by atoms with Gasteiger partial charge < -0.3 is 15.7 Å². The van der Waals surface area contributed by atoms with E-state index in [0.29, 0.717) is 5.69 Å². The van der Waals surface area contributed by atoms with Crippen molar-refractivity contribution < 1.29 is 9.90 Å². The van der Waals surface area contributed by atoms with Crippen LogP contribution in [0.2, 0.25) is 0 Å². The summed E-state index contributed by atoms with van der Waals surface area (Å²) in [4.78, 5) is 11.7. The van der Waals surface area contributed by atoms with E-state index in [4.69, 9.17) is 0 Å². The monoisotopic (exact) mass is 242 g/mol. The molecule has 2 rings (SSSR count). The number of rotatable bonds is 2. The number of phenolic OH excluding ortho intramolecular Hbond substituents is 1. The van der Waals surface area contributed by atoms with Crippen molar-refractivity contribution in [2.24, 2.45) is 5.92 Å². The lowest BCUT2D eigenvalue weighted by atomic mass is 10.1. The third-order valence-corrected chi connectivity index (χ3v) is 2.59. The summed E-state index contributed by atoms with van der Waals surface area (Å²) in [6.07, 6.45) is 0.861. The maximum atomic E-state index is 11.7. The van der Waals surface area contributed by atoms with Crippen LogP contribution in [-0.2, 0) is 4.79 Å². The highest BCUT2D eigenvalue weighted by molar-refractivity contribution is 5.94. The van der Waals surface area contributed by atoms with Crippen molar-refractivity contribution in [2.75, 3.05) is 18.4 Å². The summed E-state index contributed by atoms with van der Waals surface area (Å²) in [5.41, 5.74) is 0.481. The van der Waals surface area contributed by atoms with E-state index in [0.717, 1.165) is 19.5 Å². The van der Waals surface area contributed by atoms with E-state index in [9.17, 15) is 9.90 Å². The maximum Gasteiger partial charge on any atom is 0.228 e. The number of anilines is 1. The Kier molecular flexibility index (Phi) is 4.58. The van der Waals surface area contributed by atoms with Crippen LogP contribution in [0.4, 0.5) is 5.69 Å². The first-order chi connectivity index (χ1) is 7.27. The normalized spacial score (nSPS) is 18.9. The molecule has 1 heterocycles. The molecule has 1 aliphatic heterocycles. The summed E-state index contributed by atoms with van der Waals surface area (Å²) >= 11 is 0. The molecule has 0 saturated carbocycles. The fourth-order valence-corrected chi connectivity index (χ4v) is 1.69. The third-order valence-electron chi connectivity index (χ3n) is 2.59. The van der Waals surface area contributed by atoms with Crippen molar-refractivity contribution in [2.45, 2.75) is 6.42 Å². The summed E-state index contributed by atoms with van der Waals surface area (Å²) < 4.78 is 0. The number of carbonyl (C=O) groups excluding carboxylic acids is 1. The molecule has 1 amide bonds. The molecule has 0 unspecified atom stereocenters. The predicted octanol–water partition coefficient (Wildman–Crippen LogP) is 1.36. The highest BCUT2D eigenvalue weighted by atomic mass is 35.5. The molecule has 3 N–H and O–H groups in total. The number of hydrogen-bond acceptors (Lipinski definition) is 3. The van der Waals surface area contributed by atoms with Crippen LogP contribution >= 0.6 is 12.4 Å². The lowest BCUT2D eigenvalue weighted by Crippen LogP contribution is -2.24. The molecule has 1 saturated heterocycles. The van der Waals surface area contributed by atoms with Gasteiger partial charge >= 0.3 is 0 Å². The highest BCUT2D eigenvalue weighted by Crippen LogP contribution is 2.22. The Morgan fingerprint density at radius 1 is 1.44 bits per heavy atom. The average Bonchev–Trinajstić information content (AvgIpc) is 2.74. The molecule has 1 fully saturated rings. The molecule has 0 bridgehead atoms. The van der Waals surface area contributed by atoms with Gasteiger partial charge in [-0.25, -0.2) is 0 Å². The SMILES string of the molecule is Cl.O=C(Nc1ccccc1O)[C@H]1CCNC1. The molecule has 0 spiro atoms. The van der Waals surface area contributed by atoms with Crippen molar-refractivity contribution in [1.82, 2.24) is 5.32 Å². The predicted molar refractivity (Wildman–Crippen MR) is 65.0 cm³/mol. The molecule has 1 aromatic rings. The second kappa shape index (κ2) is 5.72. The van der Waals surface area contributed by atoms with Crippen LogP contribution in [0.3, 0.4) is 0 Å². The fraction of sp³-hybridized carbons (Fsp3) is 0.364. The zero-order chi connectivity index (χ0) is 10.7. The lowest BCUT2D eigenvalue weighted by molar-refractivity contribution is -0.119. The van der Waals surface area contributed by atoms with Crippen molar-refractivity contribution in [3.8, 4) is 5.75 Å². The minimum Gasteiger partial charge on any atom is -0.506 e. The summed E-state index contributed by atoms with van der Waals surface area (Å²) in [7, 11) is 0. The first kappa shape index (κ1) is 12.8. The number of nitrogens with one attached hydrogen (secondary N) is 2. The molecule has 16 heavy (non-hydrogen) atoms. The van der Waals surface area contributed by atoms with Crippen LogP contribution < -0.4 is 10.6 Å². The van der Waals surface area contributed by atoms with Gasteiger partial charge in [-0.3, -0.25) is 4.79 Å². The number of phenols is 1. The lowest BCUT2D eigenvalue weighted by Gasteiger charge is -2.10. The van der Waals surface area contributed by atoms with Crippen molar-refractivity contribution in [1.29, 1.82) is 0 Å². The Morgan fingerprint density at radius 2 is 2.19 bits per heavy atom. The number of hydrogen-bond donors (Lipinski definition) is 3. The smallest absolute Gasteiger partial charge is 0.228 e. The zero-order valence-electron chi connectivity index (χ0n) is 8.77. The number of para-hydroxylation sites is 2. The first-order valence-corrected chi connectivity index (χ1v) is 5.07. The molecule has 0 radical (unpaired) electrons. The van der Waals surface area contributed by atoms with Gasteiger partial charge in [0, 0.05) is 6.54 Å². The molecule has 0 aliphatic carbocycles. The molecule has 0 aromatic heterocycles. The van der Waals surface area contributed by atoms with E-state index in [-0.39, 0.29) is 30.0 Å². The van der Waals surface area contributed by atoms with E-state index >= 15 is 0 Å². The topological polar surface area (TPSA) is 61.4 Å². The van der Waals surface area contributed by atoms with Gasteiger partial charge in [0.25, 0.3) is 0 Å². The summed E-state index contributed by atoms with van der Waals surface area (Å²) in [6.45, 7) is 1.61. The number of halogens is 1. The van der Waals surface area contributed by atoms with E-state index in [1.54, 1.807) is 24.3 Å². The van der Waals surface area contributed by atoms with Crippen molar-refractivity contribution >= 4 is 24.0 Å². The summed E-state index contributed by atoms with van der Waals surface area (Å²) in [5.74, 6) is 0.0999. The Bertz CT molecular complexity index is 365. The van der Waals surface area contributed by atoms with Gasteiger partial charge in [-0.15, -0.1) is 12.4 Å². The van der Waals surface area contributed by atoms with E-state index < -0.39 is 0 Å². The number of aromatic hydroxyl groups is 1. The molecule has 1 aliphatic rings. The number of benzene rings is 1. The van der Waals surface area contributed by atoms with Gasteiger partial charge in [0.1, 0.15) is 5.75 Å². The zero-order valence-corrected chi connectivity index (χ0v) is 9.59. The molecule has 1 aromatic carbocycles. The first-order valence-electron chi connectivity index (χ1n) is 5.07. The Morgan fingerprint density at radius 3 is 2.81 bits per heavy atom. The van der Waals surface area contributed by atoms with Crippen LogP contribution in [0.15, 0.2) is 24.3 Å². The Hall–Kier alpha value is -1.26. The minimum absolute atomic E-state index is 0. The van der Waals surface area contributed by atoms with E-state index in [1.807, 2.05) is 0 Å². The van der Waals surface area contributed by atoms with Gasteiger partial charge in [0.15, 0.2) is 0 Å². The minimum atomic E-state index is -0.0264. The van der Waals surface area contributed by atoms with E-state index in [1.165, 1.54) is 0 Å². The molecule has 1 atom stereocenters. The molecule has 88 valence electrons.